The summed E-state index contributed by atoms with van der Waals surface area (Å²) in [6.45, 7) is 5.15. The molecular formula is C23H26ClN3O6S. The minimum Gasteiger partial charge on any atom is -0.403 e. The molecule has 3 rings (SSSR count). The highest BCUT2D eigenvalue weighted by Crippen LogP contribution is 2.33. The summed E-state index contributed by atoms with van der Waals surface area (Å²) in [5.41, 5.74) is 1.59. The van der Waals surface area contributed by atoms with Crippen LogP contribution >= 0.6 is 11.6 Å². The molecule has 0 amide bonds. The molecule has 0 saturated carbocycles. The zero-order chi connectivity index (χ0) is 25.4. The van der Waals surface area contributed by atoms with Crippen molar-refractivity contribution < 1.29 is 27.9 Å². The van der Waals surface area contributed by atoms with E-state index in [2.05, 4.69) is 5.10 Å². The zero-order valence-electron chi connectivity index (χ0n) is 19.5. The Bertz CT molecular complexity index is 1390. The van der Waals surface area contributed by atoms with Gasteiger partial charge in [0.05, 0.1) is 21.2 Å². The number of aromatic nitrogens is 3. The highest BCUT2D eigenvalue weighted by molar-refractivity contribution is 7.90. The number of ketones is 1. The average Bonchev–Trinajstić information content (AvgIpc) is 3.26. The van der Waals surface area contributed by atoms with Crippen molar-refractivity contribution in [2.24, 2.45) is 7.05 Å². The van der Waals surface area contributed by atoms with E-state index in [1.165, 1.54) is 16.8 Å². The monoisotopic (exact) mass is 507 g/mol. The Morgan fingerprint density at radius 3 is 2.38 bits per heavy atom. The zero-order valence-corrected chi connectivity index (χ0v) is 21.1. The lowest BCUT2D eigenvalue weighted by Gasteiger charge is -2.14. The highest BCUT2D eigenvalue weighted by Gasteiger charge is 2.30. The Morgan fingerprint density at radius 2 is 1.85 bits per heavy atom. The van der Waals surface area contributed by atoms with Crippen molar-refractivity contribution in [3.8, 4) is 5.88 Å². The summed E-state index contributed by atoms with van der Waals surface area (Å²) in [5.74, 6) is -1.24. The first kappa shape index (κ1) is 25.7. The van der Waals surface area contributed by atoms with E-state index in [4.69, 9.17) is 16.3 Å². The van der Waals surface area contributed by atoms with Gasteiger partial charge in [-0.15, -0.1) is 0 Å². The quantitative estimate of drug-likeness (QED) is 0.367. The largest absolute Gasteiger partial charge is 0.403 e. The molecule has 11 heteroatoms. The van der Waals surface area contributed by atoms with Crippen LogP contribution in [0.2, 0.25) is 5.02 Å². The first-order valence-electron chi connectivity index (χ1n) is 10.5. The van der Waals surface area contributed by atoms with Crippen LogP contribution in [0.5, 0.6) is 5.88 Å². The van der Waals surface area contributed by atoms with E-state index >= 15 is 0 Å². The normalized spacial score (nSPS) is 11.6. The molecular weight excluding hydrogens is 482 g/mol. The predicted octanol–water partition coefficient (Wildman–Crippen LogP) is 2.90. The molecule has 0 aliphatic heterocycles. The van der Waals surface area contributed by atoms with Gasteiger partial charge in [-0.25, -0.2) is 17.9 Å². The molecule has 0 radical (unpaired) electrons. The van der Waals surface area contributed by atoms with Crippen molar-refractivity contribution in [2.45, 2.75) is 38.6 Å². The number of hydrogen-bond donors (Lipinski definition) is 1. The van der Waals surface area contributed by atoms with Crippen LogP contribution < -0.4 is 4.74 Å². The predicted molar refractivity (Wildman–Crippen MR) is 127 cm³/mol. The number of aryl methyl sites for hydroxylation is 3. The number of aliphatic hydroxyl groups excluding tert-OH is 1. The fraction of sp³-hybridized carbons (Fsp3) is 0.348. The summed E-state index contributed by atoms with van der Waals surface area (Å²) in [7, 11) is -1.85. The van der Waals surface area contributed by atoms with E-state index in [1.807, 2.05) is 0 Å². The van der Waals surface area contributed by atoms with Gasteiger partial charge in [0.1, 0.15) is 5.56 Å². The van der Waals surface area contributed by atoms with Crippen molar-refractivity contribution >= 4 is 33.2 Å². The lowest BCUT2D eigenvalue weighted by molar-refractivity contribution is 0.0715. The second-order valence-electron chi connectivity index (χ2n) is 7.88. The second kappa shape index (κ2) is 9.73. The molecule has 3 aromatic rings. The minimum atomic E-state index is -3.64. The third-order valence-electron chi connectivity index (χ3n) is 5.61. The average molecular weight is 508 g/mol. The molecule has 1 N–H and O–H groups in total. The van der Waals surface area contributed by atoms with Gasteiger partial charge in [-0.05, 0) is 51.0 Å². The molecule has 0 saturated heterocycles. The van der Waals surface area contributed by atoms with Crippen LogP contribution in [0.15, 0.2) is 29.3 Å². The molecule has 9 nitrogen and oxygen atoms in total. The van der Waals surface area contributed by atoms with E-state index < -0.39 is 21.6 Å². The summed E-state index contributed by atoms with van der Waals surface area (Å²) in [6, 6.07) is 4.23. The van der Waals surface area contributed by atoms with Gasteiger partial charge in [-0.1, -0.05) is 11.6 Å². The van der Waals surface area contributed by atoms with Gasteiger partial charge in [0.15, 0.2) is 9.84 Å². The molecule has 0 bridgehead atoms. The first-order valence-corrected chi connectivity index (χ1v) is 12.8. The van der Waals surface area contributed by atoms with Crippen LogP contribution in [0.25, 0.3) is 0 Å². The van der Waals surface area contributed by atoms with Crippen LogP contribution in [-0.4, -0.2) is 52.5 Å². The summed E-state index contributed by atoms with van der Waals surface area (Å²) in [4.78, 5) is 26.4. The molecule has 182 valence electrons. The third-order valence-corrected chi connectivity index (χ3v) is 7.22. The van der Waals surface area contributed by atoms with Gasteiger partial charge in [0, 0.05) is 43.9 Å². The fourth-order valence-corrected chi connectivity index (χ4v) is 5.08. The van der Waals surface area contributed by atoms with Gasteiger partial charge in [0.2, 0.25) is 11.7 Å². The molecule has 1 aromatic carbocycles. The van der Waals surface area contributed by atoms with Gasteiger partial charge in [-0.2, -0.15) is 5.10 Å². The number of halogens is 1. The topological polar surface area (TPSA) is 120 Å². The van der Waals surface area contributed by atoms with Gasteiger partial charge in [0.25, 0.3) is 0 Å². The van der Waals surface area contributed by atoms with Crippen LogP contribution in [-0.2, 0) is 29.9 Å². The van der Waals surface area contributed by atoms with Crippen molar-refractivity contribution in [3.05, 3.63) is 63.1 Å². The van der Waals surface area contributed by atoms with Gasteiger partial charge >= 0.3 is 5.97 Å². The highest BCUT2D eigenvalue weighted by atomic mass is 35.5. The van der Waals surface area contributed by atoms with Crippen molar-refractivity contribution in [3.63, 3.8) is 0 Å². The smallest absolute Gasteiger partial charge is 0.346 e. The second-order valence-corrected chi connectivity index (χ2v) is 10.2. The number of carbonyl (C=O) groups is 2. The number of hydrogen-bond acceptors (Lipinski definition) is 7. The molecule has 0 spiro atoms. The summed E-state index contributed by atoms with van der Waals surface area (Å²) in [6.07, 6.45) is 2.70. The third kappa shape index (κ3) is 4.66. The number of benzene rings is 1. The minimum absolute atomic E-state index is 0.0180. The van der Waals surface area contributed by atoms with E-state index in [9.17, 15) is 23.1 Å². The number of ether oxygens (including phenoxy) is 1. The Balaban J connectivity index is 2.13. The van der Waals surface area contributed by atoms with Crippen molar-refractivity contribution in [1.29, 1.82) is 0 Å². The molecule has 2 aromatic heterocycles. The van der Waals surface area contributed by atoms with E-state index in [0.29, 0.717) is 23.5 Å². The number of aliphatic hydroxyl groups is 1. The van der Waals surface area contributed by atoms with Crippen LogP contribution in [0.4, 0.5) is 0 Å². The van der Waals surface area contributed by atoms with Gasteiger partial charge in [-0.3, -0.25) is 4.79 Å². The molecule has 34 heavy (non-hydrogen) atoms. The van der Waals surface area contributed by atoms with Crippen LogP contribution in [0.1, 0.15) is 50.2 Å². The van der Waals surface area contributed by atoms with E-state index in [1.54, 1.807) is 44.6 Å². The summed E-state index contributed by atoms with van der Waals surface area (Å²) < 4.78 is 33.2. The van der Waals surface area contributed by atoms with Crippen molar-refractivity contribution in [1.82, 2.24) is 14.3 Å². The SMILES string of the molecule is CCn1nc(C)c(C(=O)c2ccc(S(C)(=O)=O)c(CCO)c2Cl)c1OC(=O)c1ccn(C)c1C. The first-order chi connectivity index (χ1) is 15.9. The lowest BCUT2D eigenvalue weighted by Crippen LogP contribution is -2.16. The standard InChI is InChI=1S/C23H26ClN3O6S/c1-6-27-22(33-23(30)15-9-11-26(4)14(15)3)19(13(2)25-27)21(29)17-7-8-18(34(5,31)32)16(10-12-28)20(17)24/h7-9,11,28H,6,10,12H2,1-5H3. The Hall–Kier alpha value is -2.95. The van der Waals surface area contributed by atoms with E-state index in [-0.39, 0.29) is 45.5 Å². The van der Waals surface area contributed by atoms with Crippen molar-refractivity contribution in [2.75, 3.05) is 12.9 Å². The Labute approximate surface area is 202 Å². The summed E-state index contributed by atoms with van der Waals surface area (Å²) in [5, 5.41) is 13.7. The Kier molecular flexibility index (Phi) is 7.35. The molecule has 2 heterocycles. The number of nitrogens with zero attached hydrogens (tertiary/aromatic N) is 3. The van der Waals surface area contributed by atoms with Gasteiger partial charge < -0.3 is 14.4 Å². The van der Waals surface area contributed by atoms with Crippen LogP contribution in [0.3, 0.4) is 0 Å². The fourth-order valence-electron chi connectivity index (χ4n) is 3.71. The van der Waals surface area contributed by atoms with E-state index in [0.717, 1.165) is 6.26 Å². The maximum atomic E-state index is 13.6. The number of carbonyl (C=O) groups excluding carboxylic acids is 2. The van der Waals surface area contributed by atoms with Crippen LogP contribution in [0, 0.1) is 13.8 Å². The molecule has 0 fully saturated rings. The number of sulfone groups is 1. The lowest BCUT2D eigenvalue weighted by atomic mass is 10.00. The maximum Gasteiger partial charge on any atom is 0.346 e. The summed E-state index contributed by atoms with van der Waals surface area (Å²) >= 11 is 6.48. The molecule has 0 aliphatic rings. The Morgan fingerprint density at radius 1 is 1.18 bits per heavy atom. The molecule has 0 aliphatic carbocycles. The number of rotatable bonds is 8. The molecule has 0 unspecified atom stereocenters. The maximum absolute atomic E-state index is 13.6. The molecule has 0 atom stereocenters. The number of esters is 1.